The molecule has 0 aromatic carbocycles. The average molecular weight is 371 g/mol. The van der Waals surface area contributed by atoms with Crippen LogP contribution in [0.15, 0.2) is 4.99 Å². The lowest BCUT2D eigenvalue weighted by molar-refractivity contribution is 0.179. The molecule has 0 aliphatic rings. The van der Waals surface area contributed by atoms with Gasteiger partial charge in [-0.15, -0.1) is 24.0 Å². The van der Waals surface area contributed by atoms with Crippen LogP contribution in [0.2, 0.25) is 0 Å². The minimum atomic E-state index is 0. The summed E-state index contributed by atoms with van der Waals surface area (Å²) in [5.74, 6) is 1.19. The van der Waals surface area contributed by atoms with Crippen molar-refractivity contribution in [3.8, 4) is 0 Å². The second kappa shape index (κ2) is 9.83. The van der Waals surface area contributed by atoms with E-state index in [9.17, 15) is 0 Å². The first kappa shape index (κ1) is 20.3. The number of hydrogen-bond acceptors (Lipinski definition) is 2. The van der Waals surface area contributed by atoms with Crippen LogP contribution < -0.4 is 11.1 Å². The number of hydrogen-bond donors (Lipinski definition) is 2. The van der Waals surface area contributed by atoms with Gasteiger partial charge < -0.3 is 15.8 Å². The van der Waals surface area contributed by atoms with Gasteiger partial charge in [0.25, 0.3) is 0 Å². The third kappa shape index (κ3) is 11.1. The van der Waals surface area contributed by atoms with E-state index in [0.717, 1.165) is 13.0 Å². The normalized spacial score (nSPS) is 14.3. The molecular formula is C13H30IN3O. The largest absolute Gasteiger partial charge is 0.383 e. The van der Waals surface area contributed by atoms with Gasteiger partial charge >= 0.3 is 0 Å². The first-order valence-corrected chi connectivity index (χ1v) is 6.32. The zero-order chi connectivity index (χ0) is 13.5. The Labute approximate surface area is 129 Å². The lowest BCUT2D eigenvalue weighted by Gasteiger charge is -2.25. The van der Waals surface area contributed by atoms with Crippen LogP contribution in [0.3, 0.4) is 0 Å². The maximum Gasteiger partial charge on any atom is 0.188 e. The maximum absolute atomic E-state index is 5.83. The van der Waals surface area contributed by atoms with Crippen molar-refractivity contribution in [3.05, 3.63) is 0 Å². The standard InChI is InChI=1S/C13H29N3O.HI/c1-10(2)7-13(4,5)9-15-12(14)16-11(3)8-17-6;/h10-11H,7-9H2,1-6H3,(H3,14,15,16);1H. The SMILES string of the molecule is COCC(C)NC(N)=NCC(C)(C)CC(C)C.I. The second-order valence-corrected chi connectivity index (χ2v) is 5.96. The molecule has 5 heteroatoms. The molecule has 0 amide bonds. The van der Waals surface area contributed by atoms with Gasteiger partial charge in [-0.25, -0.2) is 0 Å². The predicted molar refractivity (Wildman–Crippen MR) is 89.6 cm³/mol. The van der Waals surface area contributed by atoms with Crippen molar-refractivity contribution in [2.45, 2.75) is 47.1 Å². The monoisotopic (exact) mass is 371 g/mol. The quantitative estimate of drug-likeness (QED) is 0.411. The molecule has 0 fully saturated rings. The molecule has 1 atom stereocenters. The molecule has 0 rings (SSSR count). The van der Waals surface area contributed by atoms with Crippen molar-refractivity contribution in [1.29, 1.82) is 0 Å². The highest BCUT2D eigenvalue weighted by Crippen LogP contribution is 2.25. The Morgan fingerprint density at radius 3 is 2.33 bits per heavy atom. The Balaban J connectivity index is 0. The molecule has 0 saturated carbocycles. The zero-order valence-electron chi connectivity index (χ0n) is 12.6. The van der Waals surface area contributed by atoms with Crippen molar-refractivity contribution >= 4 is 29.9 Å². The number of guanidine groups is 1. The van der Waals surface area contributed by atoms with Crippen LogP contribution in [0.1, 0.15) is 41.0 Å². The van der Waals surface area contributed by atoms with Crippen molar-refractivity contribution in [2.75, 3.05) is 20.3 Å². The lowest BCUT2D eigenvalue weighted by atomic mass is 9.84. The van der Waals surface area contributed by atoms with Crippen LogP contribution in [0, 0.1) is 11.3 Å². The summed E-state index contributed by atoms with van der Waals surface area (Å²) >= 11 is 0. The van der Waals surface area contributed by atoms with Gasteiger partial charge in [-0.3, -0.25) is 4.99 Å². The van der Waals surface area contributed by atoms with Crippen LogP contribution in [-0.4, -0.2) is 32.3 Å². The predicted octanol–water partition coefficient (Wildman–Crippen LogP) is 2.62. The molecule has 18 heavy (non-hydrogen) atoms. The van der Waals surface area contributed by atoms with E-state index in [0.29, 0.717) is 18.5 Å². The molecule has 110 valence electrons. The topological polar surface area (TPSA) is 59.6 Å². The molecular weight excluding hydrogens is 341 g/mol. The molecule has 0 bridgehead atoms. The van der Waals surface area contributed by atoms with Crippen molar-refractivity contribution in [2.24, 2.45) is 22.1 Å². The Hall–Kier alpha value is -0.0400. The maximum atomic E-state index is 5.83. The van der Waals surface area contributed by atoms with E-state index >= 15 is 0 Å². The summed E-state index contributed by atoms with van der Waals surface area (Å²) in [5, 5.41) is 3.11. The molecule has 0 radical (unpaired) electrons. The van der Waals surface area contributed by atoms with E-state index < -0.39 is 0 Å². The first-order valence-electron chi connectivity index (χ1n) is 6.32. The van der Waals surface area contributed by atoms with Crippen molar-refractivity contribution in [1.82, 2.24) is 5.32 Å². The number of halogens is 1. The summed E-state index contributed by atoms with van der Waals surface area (Å²) in [6, 6.07) is 0.192. The first-order chi connectivity index (χ1) is 7.76. The van der Waals surface area contributed by atoms with E-state index in [1.165, 1.54) is 0 Å². The number of nitrogens with zero attached hydrogens (tertiary/aromatic N) is 1. The van der Waals surface area contributed by atoms with Gasteiger partial charge in [0.15, 0.2) is 5.96 Å². The van der Waals surface area contributed by atoms with Gasteiger partial charge in [-0.2, -0.15) is 0 Å². The number of methoxy groups -OCH3 is 1. The van der Waals surface area contributed by atoms with Gasteiger partial charge in [0.1, 0.15) is 0 Å². The Bertz CT molecular complexity index is 242. The van der Waals surface area contributed by atoms with Crippen LogP contribution >= 0.6 is 24.0 Å². The Morgan fingerprint density at radius 2 is 1.89 bits per heavy atom. The third-order valence-corrected chi connectivity index (χ3v) is 2.45. The van der Waals surface area contributed by atoms with Gasteiger partial charge in [0, 0.05) is 19.7 Å². The van der Waals surface area contributed by atoms with E-state index in [1.54, 1.807) is 7.11 Å². The number of nitrogens with one attached hydrogen (secondary N) is 1. The van der Waals surface area contributed by atoms with Crippen LogP contribution in [0.5, 0.6) is 0 Å². The minimum Gasteiger partial charge on any atom is -0.383 e. The van der Waals surface area contributed by atoms with E-state index in [1.807, 2.05) is 6.92 Å². The summed E-state index contributed by atoms with van der Waals surface area (Å²) < 4.78 is 5.03. The van der Waals surface area contributed by atoms with Gasteiger partial charge in [-0.1, -0.05) is 27.7 Å². The van der Waals surface area contributed by atoms with E-state index in [-0.39, 0.29) is 35.4 Å². The summed E-state index contributed by atoms with van der Waals surface area (Å²) in [6.07, 6.45) is 1.15. The highest BCUT2D eigenvalue weighted by molar-refractivity contribution is 14.0. The number of aliphatic imine (C=N–C) groups is 1. The molecule has 3 N–H and O–H groups in total. The third-order valence-electron chi connectivity index (χ3n) is 2.45. The summed E-state index contributed by atoms with van der Waals surface area (Å²) in [4.78, 5) is 4.40. The van der Waals surface area contributed by atoms with Gasteiger partial charge in [0.05, 0.1) is 6.61 Å². The molecule has 0 aliphatic heterocycles. The molecule has 1 unspecified atom stereocenters. The molecule has 0 heterocycles. The molecule has 0 aromatic rings. The van der Waals surface area contributed by atoms with Crippen molar-refractivity contribution < 1.29 is 4.74 Å². The molecule has 4 nitrogen and oxygen atoms in total. The van der Waals surface area contributed by atoms with Crippen LogP contribution in [0.25, 0.3) is 0 Å². The molecule has 0 saturated heterocycles. The van der Waals surface area contributed by atoms with E-state index in [4.69, 9.17) is 10.5 Å². The van der Waals surface area contributed by atoms with Gasteiger partial charge in [-0.05, 0) is 24.7 Å². The van der Waals surface area contributed by atoms with Gasteiger partial charge in [0.2, 0.25) is 0 Å². The zero-order valence-corrected chi connectivity index (χ0v) is 14.9. The molecule has 0 aliphatic carbocycles. The Morgan fingerprint density at radius 1 is 1.33 bits per heavy atom. The summed E-state index contributed by atoms with van der Waals surface area (Å²) in [6.45, 7) is 12.3. The fraction of sp³-hybridized carbons (Fsp3) is 0.923. The summed E-state index contributed by atoms with van der Waals surface area (Å²) in [7, 11) is 1.68. The van der Waals surface area contributed by atoms with Crippen molar-refractivity contribution in [3.63, 3.8) is 0 Å². The second-order valence-electron chi connectivity index (χ2n) is 5.96. The highest BCUT2D eigenvalue weighted by atomic mass is 127. The number of rotatable bonds is 7. The van der Waals surface area contributed by atoms with Crippen LogP contribution in [0.4, 0.5) is 0 Å². The van der Waals surface area contributed by atoms with Crippen LogP contribution in [-0.2, 0) is 4.74 Å². The fourth-order valence-corrected chi connectivity index (χ4v) is 2.06. The highest BCUT2D eigenvalue weighted by Gasteiger charge is 2.19. The summed E-state index contributed by atoms with van der Waals surface area (Å²) in [5.41, 5.74) is 6.03. The van der Waals surface area contributed by atoms with E-state index in [2.05, 4.69) is 38.0 Å². The smallest absolute Gasteiger partial charge is 0.188 e. The number of nitrogens with two attached hydrogens (primary N) is 1. The molecule has 0 aromatic heterocycles. The lowest BCUT2D eigenvalue weighted by Crippen LogP contribution is -2.41. The number of ether oxygens (including phenoxy) is 1. The minimum absolute atomic E-state index is 0. The molecule has 0 spiro atoms. The Kier molecular flexibility index (Phi) is 11.1. The fourth-order valence-electron chi connectivity index (χ4n) is 2.06. The average Bonchev–Trinajstić information content (AvgIpc) is 2.13.